The standard InChI is InChI=1S/C31H29Cl2N5O4/c1-15(2)37-26-25(36-27(37)20-12-17(28(39)34-4)7-11-24(20)42-5)29(40)38(23-14-19(33)8-6-16(23)3)31(26)21-10-9-18(32)13-22(21)35-30(31)41/h6-15,28,34,39H,1-5H3,(H,35,41). The molecule has 216 valence electrons. The fourth-order valence-corrected chi connectivity index (χ4v) is 6.40. The summed E-state index contributed by atoms with van der Waals surface area (Å²) in [7, 11) is 3.19. The average Bonchev–Trinajstić information content (AvgIpc) is 3.57. The van der Waals surface area contributed by atoms with Crippen molar-refractivity contribution in [2.24, 2.45) is 0 Å². The smallest absolute Gasteiger partial charge is 0.280 e. The summed E-state index contributed by atoms with van der Waals surface area (Å²) in [5.74, 6) is 0.0763. The number of hydrogen-bond acceptors (Lipinski definition) is 6. The maximum atomic E-state index is 14.6. The molecule has 0 bridgehead atoms. The number of benzene rings is 3. The van der Waals surface area contributed by atoms with E-state index in [0.717, 1.165) is 5.56 Å². The van der Waals surface area contributed by atoms with Gasteiger partial charge in [-0.15, -0.1) is 0 Å². The zero-order valence-corrected chi connectivity index (χ0v) is 25.1. The highest BCUT2D eigenvalue weighted by molar-refractivity contribution is 6.32. The fraction of sp³-hybridized carbons (Fsp3) is 0.258. The van der Waals surface area contributed by atoms with Gasteiger partial charge >= 0.3 is 0 Å². The normalized spacial score (nSPS) is 18.1. The summed E-state index contributed by atoms with van der Waals surface area (Å²) in [6, 6.07) is 15.4. The number of ether oxygens (including phenoxy) is 1. The van der Waals surface area contributed by atoms with Gasteiger partial charge in [0, 0.05) is 27.3 Å². The number of aliphatic hydroxyl groups excluding tert-OH is 1. The van der Waals surface area contributed by atoms with Crippen molar-refractivity contribution in [1.82, 2.24) is 14.9 Å². The van der Waals surface area contributed by atoms with Crippen LogP contribution in [0.3, 0.4) is 0 Å². The first-order valence-electron chi connectivity index (χ1n) is 13.4. The summed E-state index contributed by atoms with van der Waals surface area (Å²) in [6.07, 6.45) is -0.935. The van der Waals surface area contributed by atoms with Crippen molar-refractivity contribution in [2.45, 2.75) is 38.6 Å². The molecule has 2 atom stereocenters. The van der Waals surface area contributed by atoms with Crippen LogP contribution in [0.4, 0.5) is 11.4 Å². The summed E-state index contributed by atoms with van der Waals surface area (Å²) in [5.41, 5.74) is 2.45. The molecule has 42 heavy (non-hydrogen) atoms. The number of nitrogens with one attached hydrogen (secondary N) is 2. The van der Waals surface area contributed by atoms with Gasteiger partial charge in [0.15, 0.2) is 11.2 Å². The number of methoxy groups -OCH3 is 1. The monoisotopic (exact) mass is 605 g/mol. The number of hydrogen-bond donors (Lipinski definition) is 3. The van der Waals surface area contributed by atoms with Crippen molar-refractivity contribution in [3.05, 3.63) is 92.7 Å². The number of imidazole rings is 1. The lowest BCUT2D eigenvalue weighted by Gasteiger charge is -2.36. The number of nitrogens with zero attached hydrogens (tertiary/aromatic N) is 3. The SMILES string of the molecule is CNC(O)c1ccc(OC)c(-c2nc3c(n2C(C)C)C2(C(=O)Nc4cc(Cl)ccc42)N(c2cc(Cl)ccc2C)C3=O)c1. The molecule has 1 aromatic heterocycles. The van der Waals surface area contributed by atoms with Gasteiger partial charge in [-0.1, -0.05) is 41.4 Å². The van der Waals surface area contributed by atoms with Gasteiger partial charge in [0.2, 0.25) is 0 Å². The molecule has 3 aromatic carbocycles. The first kappa shape index (κ1) is 28.2. The molecule has 0 saturated heterocycles. The Balaban J connectivity index is 1.72. The Morgan fingerprint density at radius 3 is 2.45 bits per heavy atom. The third-order valence-corrected chi connectivity index (χ3v) is 8.40. The van der Waals surface area contributed by atoms with Gasteiger partial charge in [-0.2, -0.15) is 0 Å². The van der Waals surface area contributed by atoms with E-state index < -0.39 is 23.6 Å². The van der Waals surface area contributed by atoms with Crippen LogP contribution in [0, 0.1) is 6.92 Å². The Morgan fingerprint density at radius 1 is 1.05 bits per heavy atom. The number of carbonyl (C=O) groups is 2. The number of carbonyl (C=O) groups excluding carboxylic acids is 2. The van der Waals surface area contributed by atoms with Crippen molar-refractivity contribution >= 4 is 46.4 Å². The Morgan fingerprint density at radius 2 is 1.76 bits per heavy atom. The number of halogens is 2. The fourth-order valence-electron chi connectivity index (χ4n) is 6.06. The number of anilines is 2. The molecular formula is C31H29Cl2N5O4. The van der Waals surface area contributed by atoms with Crippen molar-refractivity contribution in [3.63, 3.8) is 0 Å². The molecule has 0 aliphatic carbocycles. The number of aliphatic hydroxyl groups is 1. The van der Waals surface area contributed by atoms with Crippen LogP contribution in [-0.2, 0) is 10.3 Å². The van der Waals surface area contributed by atoms with Gasteiger partial charge < -0.3 is 19.7 Å². The Kier molecular flexibility index (Phi) is 6.81. The van der Waals surface area contributed by atoms with Crippen molar-refractivity contribution in [3.8, 4) is 17.1 Å². The molecular weight excluding hydrogens is 577 g/mol. The Bertz CT molecular complexity index is 1790. The molecule has 0 saturated carbocycles. The molecule has 9 nitrogen and oxygen atoms in total. The predicted molar refractivity (Wildman–Crippen MR) is 162 cm³/mol. The highest BCUT2D eigenvalue weighted by atomic mass is 35.5. The minimum Gasteiger partial charge on any atom is -0.496 e. The van der Waals surface area contributed by atoms with Crippen LogP contribution in [-0.4, -0.2) is 40.6 Å². The van der Waals surface area contributed by atoms with Crippen molar-refractivity contribution in [1.29, 1.82) is 0 Å². The van der Waals surface area contributed by atoms with Crippen LogP contribution in [0.5, 0.6) is 5.75 Å². The number of rotatable bonds is 6. The molecule has 2 unspecified atom stereocenters. The van der Waals surface area contributed by atoms with Gasteiger partial charge in [-0.25, -0.2) is 4.98 Å². The van der Waals surface area contributed by atoms with Crippen molar-refractivity contribution < 1.29 is 19.4 Å². The minimum atomic E-state index is -1.60. The molecule has 2 aliphatic rings. The molecule has 3 heterocycles. The lowest BCUT2D eigenvalue weighted by molar-refractivity contribution is -0.119. The number of aromatic nitrogens is 2. The molecule has 11 heteroatoms. The number of aryl methyl sites for hydroxylation is 1. The van der Waals surface area contributed by atoms with E-state index >= 15 is 0 Å². The van der Waals surface area contributed by atoms with Crippen LogP contribution in [0.2, 0.25) is 10.0 Å². The topological polar surface area (TPSA) is 109 Å². The molecule has 2 aliphatic heterocycles. The van der Waals surface area contributed by atoms with Gasteiger partial charge in [0.25, 0.3) is 11.8 Å². The highest BCUT2D eigenvalue weighted by Gasteiger charge is 2.64. The van der Waals surface area contributed by atoms with E-state index in [9.17, 15) is 14.7 Å². The minimum absolute atomic E-state index is 0.137. The number of amides is 2. The van der Waals surface area contributed by atoms with E-state index in [1.54, 1.807) is 62.7 Å². The molecule has 0 radical (unpaired) electrons. The summed E-state index contributed by atoms with van der Waals surface area (Å²) >= 11 is 12.8. The van der Waals surface area contributed by atoms with Gasteiger partial charge in [0.1, 0.15) is 17.8 Å². The third kappa shape index (κ3) is 3.88. The second kappa shape index (κ2) is 10.1. The summed E-state index contributed by atoms with van der Waals surface area (Å²) < 4.78 is 7.60. The van der Waals surface area contributed by atoms with E-state index in [2.05, 4.69) is 10.6 Å². The zero-order chi connectivity index (χ0) is 30.1. The quantitative estimate of drug-likeness (QED) is 0.239. The largest absolute Gasteiger partial charge is 0.496 e. The van der Waals surface area contributed by atoms with E-state index in [0.29, 0.717) is 55.4 Å². The van der Waals surface area contributed by atoms with E-state index in [1.165, 1.54) is 4.90 Å². The molecule has 3 N–H and O–H groups in total. The average molecular weight is 607 g/mol. The Labute approximate surface area is 253 Å². The van der Waals surface area contributed by atoms with Gasteiger partial charge in [0.05, 0.1) is 24.1 Å². The molecule has 0 fully saturated rings. The first-order valence-corrected chi connectivity index (χ1v) is 14.2. The number of fused-ring (bicyclic) bond motifs is 4. The van der Waals surface area contributed by atoms with Crippen molar-refractivity contribution in [2.75, 3.05) is 24.4 Å². The van der Waals surface area contributed by atoms with E-state index in [1.807, 2.05) is 31.4 Å². The summed E-state index contributed by atoms with van der Waals surface area (Å²) in [4.78, 5) is 35.4. The first-order chi connectivity index (χ1) is 20.0. The van der Waals surface area contributed by atoms with E-state index in [4.69, 9.17) is 32.9 Å². The van der Waals surface area contributed by atoms with Gasteiger partial charge in [-0.3, -0.25) is 19.8 Å². The lowest BCUT2D eigenvalue weighted by atomic mass is 9.86. The summed E-state index contributed by atoms with van der Waals surface area (Å²) in [6.45, 7) is 5.79. The lowest BCUT2D eigenvalue weighted by Crippen LogP contribution is -2.51. The zero-order valence-electron chi connectivity index (χ0n) is 23.6. The maximum absolute atomic E-state index is 14.6. The molecule has 1 spiro atoms. The van der Waals surface area contributed by atoms with Crippen LogP contribution < -0.4 is 20.3 Å². The molecule has 6 rings (SSSR count). The molecule has 2 amide bonds. The highest BCUT2D eigenvalue weighted by Crippen LogP contribution is 2.55. The van der Waals surface area contributed by atoms with Crippen LogP contribution >= 0.6 is 23.2 Å². The van der Waals surface area contributed by atoms with Gasteiger partial charge in [-0.05, 0) is 75.3 Å². The van der Waals surface area contributed by atoms with Crippen LogP contribution in [0.1, 0.15) is 59.0 Å². The van der Waals surface area contributed by atoms with Crippen LogP contribution in [0.15, 0.2) is 54.6 Å². The second-order valence-electron chi connectivity index (χ2n) is 10.7. The Hall–Kier alpha value is -3.89. The van der Waals surface area contributed by atoms with Crippen LogP contribution in [0.25, 0.3) is 11.4 Å². The second-order valence-corrected chi connectivity index (χ2v) is 11.5. The summed E-state index contributed by atoms with van der Waals surface area (Å²) in [5, 5.41) is 17.2. The predicted octanol–water partition coefficient (Wildman–Crippen LogP) is 5.82. The third-order valence-electron chi connectivity index (χ3n) is 7.93. The molecule has 4 aromatic rings. The maximum Gasteiger partial charge on any atom is 0.280 e. The van der Waals surface area contributed by atoms with E-state index in [-0.39, 0.29) is 11.7 Å².